The van der Waals surface area contributed by atoms with Crippen LogP contribution in [0.3, 0.4) is 0 Å². The van der Waals surface area contributed by atoms with E-state index in [2.05, 4.69) is 25.8 Å². The Morgan fingerprint density at radius 2 is 1.84 bits per heavy atom. The molecule has 0 saturated carbocycles. The van der Waals surface area contributed by atoms with E-state index in [0.29, 0.717) is 24.3 Å². The van der Waals surface area contributed by atoms with Crippen molar-refractivity contribution < 1.29 is 23.5 Å². The number of aliphatic imine (C=N–C) groups is 1. The van der Waals surface area contributed by atoms with Crippen molar-refractivity contribution >= 4 is 29.1 Å². The number of piperidine rings is 1. The highest BCUT2D eigenvalue weighted by Crippen LogP contribution is 2.34. The molecule has 2 heterocycles. The van der Waals surface area contributed by atoms with Crippen molar-refractivity contribution in [2.75, 3.05) is 45.3 Å². The van der Waals surface area contributed by atoms with Gasteiger partial charge in [0, 0.05) is 18.7 Å². The Morgan fingerprint density at radius 1 is 1.11 bits per heavy atom. The summed E-state index contributed by atoms with van der Waals surface area (Å²) in [4.78, 5) is 45.1. The van der Waals surface area contributed by atoms with E-state index in [-0.39, 0.29) is 23.7 Å². The molecule has 10 nitrogen and oxygen atoms in total. The number of rotatable bonds is 9. The lowest BCUT2D eigenvalue weighted by molar-refractivity contribution is -0.123. The van der Waals surface area contributed by atoms with Crippen LogP contribution in [0.15, 0.2) is 47.5 Å². The second-order valence-corrected chi connectivity index (χ2v) is 8.99. The first-order valence-corrected chi connectivity index (χ1v) is 12.2. The lowest BCUT2D eigenvalue weighted by Gasteiger charge is -2.29. The molecule has 4 rings (SSSR count). The van der Waals surface area contributed by atoms with E-state index in [0.717, 1.165) is 25.9 Å². The minimum Gasteiger partial charge on any atom is -0.495 e. The number of benzene rings is 2. The van der Waals surface area contributed by atoms with Gasteiger partial charge in [0.15, 0.2) is 5.54 Å². The molecule has 0 radical (unpaired) electrons. The first kappa shape index (κ1) is 26.2. The number of halogens is 1. The number of primary amides is 1. The fourth-order valence-electron chi connectivity index (χ4n) is 4.68. The molecule has 3 amide bonds. The number of ether oxygens (including phenoxy) is 1. The highest BCUT2D eigenvalue weighted by molar-refractivity contribution is 6.47. The summed E-state index contributed by atoms with van der Waals surface area (Å²) >= 11 is 0. The molecule has 5 N–H and O–H groups in total. The molecule has 2 aliphatic rings. The molecule has 37 heavy (non-hydrogen) atoms. The summed E-state index contributed by atoms with van der Waals surface area (Å²) in [6, 6.07) is 9.76. The lowest BCUT2D eigenvalue weighted by atomic mass is 9.84. The lowest BCUT2D eigenvalue weighted by Crippen LogP contribution is -2.58. The first-order chi connectivity index (χ1) is 17.8. The van der Waals surface area contributed by atoms with Gasteiger partial charge in [-0.15, -0.1) is 0 Å². The summed E-state index contributed by atoms with van der Waals surface area (Å²) in [6.07, 6.45) is 3.53. The Bertz CT molecular complexity index is 1200. The summed E-state index contributed by atoms with van der Waals surface area (Å²) in [5.41, 5.74) is 5.06. The Kier molecular flexibility index (Phi) is 8.14. The molecule has 0 aliphatic carbocycles. The number of likely N-dealkylation sites (tertiary alicyclic amines) is 1. The van der Waals surface area contributed by atoms with Crippen LogP contribution in [-0.2, 0) is 15.1 Å². The summed E-state index contributed by atoms with van der Waals surface area (Å²) in [7, 11) is 1.41. The van der Waals surface area contributed by atoms with Crippen LogP contribution in [0.2, 0.25) is 0 Å². The van der Waals surface area contributed by atoms with E-state index in [4.69, 9.17) is 10.5 Å². The number of carbonyl (C=O) groups is 3. The zero-order valence-corrected chi connectivity index (χ0v) is 20.7. The van der Waals surface area contributed by atoms with E-state index in [1.54, 1.807) is 12.1 Å². The highest BCUT2D eigenvalue weighted by Gasteiger charge is 2.49. The number of hydrogen-bond donors (Lipinski definition) is 4. The smallest absolute Gasteiger partial charge is 0.268 e. The molecule has 1 atom stereocenters. The van der Waals surface area contributed by atoms with E-state index < -0.39 is 29.1 Å². The van der Waals surface area contributed by atoms with Gasteiger partial charge in [-0.05, 0) is 67.9 Å². The number of anilines is 1. The Labute approximate surface area is 214 Å². The molecule has 11 heteroatoms. The summed E-state index contributed by atoms with van der Waals surface area (Å²) in [5.74, 6) is -1.95. The van der Waals surface area contributed by atoms with E-state index in [9.17, 15) is 18.8 Å². The van der Waals surface area contributed by atoms with Crippen LogP contribution in [0.5, 0.6) is 5.75 Å². The molecule has 1 saturated heterocycles. The highest BCUT2D eigenvalue weighted by atomic mass is 19.1. The van der Waals surface area contributed by atoms with Gasteiger partial charge in [-0.25, -0.2) is 4.39 Å². The van der Waals surface area contributed by atoms with Crippen LogP contribution < -0.4 is 26.4 Å². The van der Waals surface area contributed by atoms with E-state index >= 15 is 0 Å². The number of hydrogen-bond acceptors (Lipinski definition) is 7. The maximum atomic E-state index is 13.2. The number of methoxy groups -OCH3 is 1. The number of nitrogens with one attached hydrogen (secondary N) is 3. The molecular formula is C26H31FN6O4. The van der Waals surface area contributed by atoms with Gasteiger partial charge in [0.25, 0.3) is 11.8 Å². The molecule has 0 bridgehead atoms. The average molecular weight is 511 g/mol. The minimum absolute atomic E-state index is 0.0243. The van der Waals surface area contributed by atoms with Crippen molar-refractivity contribution in [3.8, 4) is 5.75 Å². The summed E-state index contributed by atoms with van der Waals surface area (Å²) in [6.45, 7) is 3.18. The largest absolute Gasteiger partial charge is 0.495 e. The van der Waals surface area contributed by atoms with Crippen molar-refractivity contribution in [3.05, 3.63) is 59.4 Å². The molecule has 2 aromatic rings. The second-order valence-electron chi connectivity index (χ2n) is 8.99. The van der Waals surface area contributed by atoms with Gasteiger partial charge in [-0.1, -0.05) is 12.5 Å². The molecule has 196 valence electrons. The molecule has 2 aromatic carbocycles. The van der Waals surface area contributed by atoms with E-state index in [1.165, 1.54) is 43.9 Å². The maximum absolute atomic E-state index is 13.2. The van der Waals surface area contributed by atoms with Gasteiger partial charge in [0.1, 0.15) is 17.3 Å². The molecular weight excluding hydrogens is 479 g/mol. The number of nitrogens with two attached hydrogens (primary N) is 1. The van der Waals surface area contributed by atoms with Gasteiger partial charge in [-0.2, -0.15) is 0 Å². The van der Waals surface area contributed by atoms with Gasteiger partial charge in [-0.3, -0.25) is 24.7 Å². The molecule has 2 aliphatic heterocycles. The SMILES string of the molecule is COc1cc(C2(C(N)=O)NCN=C2C(=O)NCCN2CCCCC2)ccc1NC(=O)c1ccc(F)cc1. The quantitative estimate of drug-likeness (QED) is 0.402. The first-order valence-electron chi connectivity index (χ1n) is 12.2. The topological polar surface area (TPSA) is 138 Å². The van der Waals surface area contributed by atoms with Gasteiger partial charge in [0.05, 0.1) is 19.5 Å². The van der Waals surface area contributed by atoms with Crippen molar-refractivity contribution in [3.63, 3.8) is 0 Å². The van der Waals surface area contributed by atoms with Gasteiger partial charge >= 0.3 is 0 Å². The fraction of sp³-hybridized carbons (Fsp3) is 0.385. The van der Waals surface area contributed by atoms with E-state index in [1.807, 2.05) is 0 Å². The zero-order chi connectivity index (χ0) is 26.4. The Balaban J connectivity index is 1.52. The number of nitrogens with zero attached hydrogens (tertiary/aromatic N) is 2. The van der Waals surface area contributed by atoms with Crippen molar-refractivity contribution in [1.82, 2.24) is 15.5 Å². The third-order valence-corrected chi connectivity index (χ3v) is 6.67. The zero-order valence-electron chi connectivity index (χ0n) is 20.7. The fourth-order valence-corrected chi connectivity index (χ4v) is 4.68. The van der Waals surface area contributed by atoms with Crippen LogP contribution in [0.1, 0.15) is 35.2 Å². The Morgan fingerprint density at radius 3 is 2.51 bits per heavy atom. The standard InChI is InChI=1S/C26H31FN6O4/c1-37-21-15-18(7-10-20(21)32-23(34)17-5-8-19(27)9-6-17)26(25(28)36)22(30-16-31-26)24(35)29-11-14-33-12-3-2-4-13-33/h5-10,15,31H,2-4,11-14,16H2,1H3,(H2,28,36)(H,29,35)(H,32,34). The van der Waals surface area contributed by atoms with Crippen molar-refractivity contribution in [2.45, 2.75) is 24.8 Å². The monoisotopic (exact) mass is 510 g/mol. The normalized spacial score (nSPS) is 19.7. The maximum Gasteiger partial charge on any atom is 0.268 e. The molecule has 0 spiro atoms. The van der Waals surface area contributed by atoms with Gasteiger partial charge in [0.2, 0.25) is 5.91 Å². The second kappa shape index (κ2) is 11.5. The summed E-state index contributed by atoms with van der Waals surface area (Å²) < 4.78 is 18.6. The number of carbonyl (C=O) groups excluding carboxylic acids is 3. The van der Waals surface area contributed by atoms with Crippen molar-refractivity contribution in [2.24, 2.45) is 10.7 Å². The molecule has 0 aromatic heterocycles. The van der Waals surface area contributed by atoms with Crippen LogP contribution in [-0.4, -0.2) is 68.3 Å². The van der Waals surface area contributed by atoms with Crippen LogP contribution in [0.4, 0.5) is 10.1 Å². The Hall–Kier alpha value is -3.83. The third-order valence-electron chi connectivity index (χ3n) is 6.67. The summed E-state index contributed by atoms with van der Waals surface area (Å²) in [5, 5.41) is 8.55. The van der Waals surface area contributed by atoms with Crippen LogP contribution >= 0.6 is 0 Å². The van der Waals surface area contributed by atoms with Crippen molar-refractivity contribution in [1.29, 1.82) is 0 Å². The molecule has 1 fully saturated rings. The predicted octanol–water partition coefficient (Wildman–Crippen LogP) is 1.37. The number of amides is 3. The average Bonchev–Trinajstić information content (AvgIpc) is 3.36. The van der Waals surface area contributed by atoms with Crippen LogP contribution in [0, 0.1) is 5.82 Å². The third kappa shape index (κ3) is 5.62. The van der Waals surface area contributed by atoms with Crippen LogP contribution in [0.25, 0.3) is 0 Å². The van der Waals surface area contributed by atoms with Gasteiger partial charge < -0.3 is 26.0 Å². The predicted molar refractivity (Wildman–Crippen MR) is 137 cm³/mol. The minimum atomic E-state index is -1.66. The molecule has 1 unspecified atom stereocenters.